The summed E-state index contributed by atoms with van der Waals surface area (Å²) >= 11 is 0. The Bertz CT molecular complexity index is 739. The molecular formula is C18H19N2O2+. The fraction of sp³-hybridized carbons (Fsp3) is 0.333. The molecule has 112 valence electrons. The summed E-state index contributed by atoms with van der Waals surface area (Å²) in [6.07, 6.45) is 5.85. The maximum Gasteiger partial charge on any atom is 0.257 e. The summed E-state index contributed by atoms with van der Waals surface area (Å²) in [5.41, 5.74) is 4.97. The number of hydrogen-bond acceptors (Lipinski definition) is 3. The van der Waals surface area contributed by atoms with Crippen LogP contribution in [0.25, 0.3) is 0 Å². The Hall–Kier alpha value is -2.36. The van der Waals surface area contributed by atoms with Crippen LogP contribution in [0.4, 0.5) is 0 Å². The normalized spacial score (nSPS) is 23.7. The first-order valence-corrected chi connectivity index (χ1v) is 7.75. The molecule has 1 aromatic carbocycles. The fourth-order valence-corrected chi connectivity index (χ4v) is 3.32. The number of hydrogen-bond donors (Lipinski definition) is 1. The van der Waals surface area contributed by atoms with E-state index in [1.165, 1.54) is 10.3 Å². The Morgan fingerprint density at radius 3 is 2.91 bits per heavy atom. The molecule has 4 nitrogen and oxygen atoms in total. The van der Waals surface area contributed by atoms with E-state index in [4.69, 9.17) is 4.74 Å². The van der Waals surface area contributed by atoms with Crippen LogP contribution in [0.2, 0.25) is 0 Å². The van der Waals surface area contributed by atoms with Crippen LogP contribution in [0.15, 0.2) is 52.7 Å². The summed E-state index contributed by atoms with van der Waals surface area (Å²) in [6.45, 7) is 3.43. The predicted molar refractivity (Wildman–Crippen MR) is 84.6 cm³/mol. The number of hydroxylamine groups is 1. The largest absolute Gasteiger partial charge is 0.486 e. The molecule has 3 aliphatic rings. The monoisotopic (exact) mass is 295 g/mol. The van der Waals surface area contributed by atoms with Crippen LogP contribution < -0.4 is 0 Å². The predicted octanol–water partition coefficient (Wildman–Crippen LogP) is 2.97. The number of allylic oxidation sites excluding steroid dienone is 1. The van der Waals surface area contributed by atoms with Crippen molar-refractivity contribution in [2.45, 2.75) is 25.8 Å². The van der Waals surface area contributed by atoms with Crippen molar-refractivity contribution in [3.63, 3.8) is 0 Å². The molecular weight excluding hydrogens is 276 g/mol. The van der Waals surface area contributed by atoms with Crippen molar-refractivity contribution in [1.29, 1.82) is 0 Å². The third-order valence-electron chi connectivity index (χ3n) is 4.42. The van der Waals surface area contributed by atoms with Gasteiger partial charge in [-0.25, -0.2) is 0 Å². The number of aryl methyl sites for hydroxylation is 1. The first-order chi connectivity index (χ1) is 10.8. The summed E-state index contributed by atoms with van der Waals surface area (Å²) in [5, 5.41) is 10.8. The molecule has 0 bridgehead atoms. The molecule has 4 heteroatoms. The van der Waals surface area contributed by atoms with Gasteiger partial charge in [-0.1, -0.05) is 29.8 Å². The second-order valence-corrected chi connectivity index (χ2v) is 5.94. The Kier molecular flexibility index (Phi) is 3.10. The molecule has 4 rings (SSSR count). The van der Waals surface area contributed by atoms with E-state index in [0.717, 1.165) is 47.7 Å². The standard InChI is InChI=1S/C18H19N2O2/c1-12-6-8-13(9-7-12)17-14-4-3-11-22-18(14)16-15(20(17)21)5-2-10-19-16/h3-4,6-9,17,21H,2,5,10-11H2,1H3/q+1. The van der Waals surface area contributed by atoms with Gasteiger partial charge in [-0.2, -0.15) is 0 Å². The van der Waals surface area contributed by atoms with Gasteiger partial charge in [0.25, 0.3) is 11.8 Å². The van der Waals surface area contributed by atoms with Crippen LogP contribution in [-0.4, -0.2) is 34.5 Å². The molecule has 0 saturated carbocycles. The van der Waals surface area contributed by atoms with E-state index in [0.29, 0.717) is 6.61 Å². The minimum absolute atomic E-state index is 0.223. The van der Waals surface area contributed by atoms with Crippen molar-refractivity contribution in [1.82, 2.24) is 0 Å². The lowest BCUT2D eigenvalue weighted by atomic mass is 9.88. The SMILES string of the molecule is Cc1ccc(C2C3=C(OCC=C3)C3=NCCCC3=[N+]2O)cc1. The number of nitrogens with zero attached hydrogens (tertiary/aromatic N) is 2. The van der Waals surface area contributed by atoms with E-state index in [9.17, 15) is 5.21 Å². The van der Waals surface area contributed by atoms with E-state index in [1.807, 2.05) is 6.08 Å². The summed E-state index contributed by atoms with van der Waals surface area (Å²) in [4.78, 5) is 4.59. The Balaban J connectivity index is 1.90. The molecule has 3 heterocycles. The summed E-state index contributed by atoms with van der Waals surface area (Å²) < 4.78 is 7.27. The Morgan fingerprint density at radius 2 is 2.09 bits per heavy atom. The van der Waals surface area contributed by atoms with Gasteiger partial charge in [-0.15, -0.1) is 0 Å². The average Bonchev–Trinajstić information content (AvgIpc) is 2.57. The highest BCUT2D eigenvalue weighted by atomic mass is 16.5. The second kappa shape index (κ2) is 5.13. The van der Waals surface area contributed by atoms with E-state index >= 15 is 0 Å². The number of rotatable bonds is 1. The topological polar surface area (TPSA) is 44.8 Å². The zero-order valence-electron chi connectivity index (χ0n) is 12.6. The van der Waals surface area contributed by atoms with Gasteiger partial charge < -0.3 is 4.74 Å². The molecule has 0 aromatic heterocycles. The third kappa shape index (κ3) is 1.98. The number of ether oxygens (including phenoxy) is 1. The number of benzene rings is 1. The minimum Gasteiger partial charge on any atom is -0.486 e. The maximum atomic E-state index is 10.8. The van der Waals surface area contributed by atoms with Crippen LogP contribution in [0.1, 0.15) is 30.0 Å². The molecule has 0 spiro atoms. The van der Waals surface area contributed by atoms with Crippen molar-refractivity contribution in [2.24, 2.45) is 4.99 Å². The first kappa shape index (κ1) is 13.3. The van der Waals surface area contributed by atoms with Crippen LogP contribution in [0.5, 0.6) is 0 Å². The summed E-state index contributed by atoms with van der Waals surface area (Å²) in [7, 11) is 0. The van der Waals surface area contributed by atoms with Gasteiger partial charge in [-0.05, 0) is 30.2 Å². The lowest BCUT2D eigenvalue weighted by Gasteiger charge is -2.27. The zero-order chi connectivity index (χ0) is 15.1. The van der Waals surface area contributed by atoms with Gasteiger partial charge in [0.05, 0.1) is 5.57 Å². The van der Waals surface area contributed by atoms with Crippen molar-refractivity contribution in [3.8, 4) is 0 Å². The van der Waals surface area contributed by atoms with Crippen LogP contribution in [-0.2, 0) is 4.74 Å². The van der Waals surface area contributed by atoms with Crippen molar-refractivity contribution in [2.75, 3.05) is 13.2 Å². The Labute approximate surface area is 129 Å². The van der Waals surface area contributed by atoms with Crippen LogP contribution in [0.3, 0.4) is 0 Å². The van der Waals surface area contributed by atoms with Gasteiger partial charge in [0, 0.05) is 18.5 Å². The fourth-order valence-electron chi connectivity index (χ4n) is 3.32. The number of aliphatic imine (C=N–C) groups is 1. The van der Waals surface area contributed by atoms with Gasteiger partial charge >= 0.3 is 0 Å². The van der Waals surface area contributed by atoms with Gasteiger partial charge in [0.1, 0.15) is 6.61 Å². The number of fused-ring (bicyclic) bond motifs is 2. The maximum absolute atomic E-state index is 10.8. The van der Waals surface area contributed by atoms with E-state index in [2.05, 4.69) is 42.3 Å². The van der Waals surface area contributed by atoms with E-state index < -0.39 is 0 Å². The van der Waals surface area contributed by atoms with Gasteiger partial charge in [0.15, 0.2) is 11.5 Å². The summed E-state index contributed by atoms with van der Waals surface area (Å²) in [5.74, 6) is 0.841. The zero-order valence-corrected chi connectivity index (χ0v) is 12.6. The van der Waals surface area contributed by atoms with E-state index in [-0.39, 0.29) is 6.04 Å². The molecule has 1 aromatic rings. The lowest BCUT2D eigenvalue weighted by Crippen LogP contribution is -2.39. The molecule has 0 radical (unpaired) electrons. The third-order valence-corrected chi connectivity index (χ3v) is 4.42. The van der Waals surface area contributed by atoms with Crippen molar-refractivity contribution in [3.05, 3.63) is 58.9 Å². The lowest BCUT2D eigenvalue weighted by molar-refractivity contribution is -0.799. The first-order valence-electron chi connectivity index (χ1n) is 7.75. The van der Waals surface area contributed by atoms with Crippen molar-refractivity contribution >= 4 is 11.4 Å². The summed E-state index contributed by atoms with van der Waals surface area (Å²) in [6, 6.07) is 8.07. The molecule has 1 unspecified atom stereocenters. The molecule has 0 saturated heterocycles. The molecule has 22 heavy (non-hydrogen) atoms. The molecule has 1 atom stereocenters. The highest BCUT2D eigenvalue weighted by Gasteiger charge is 2.44. The van der Waals surface area contributed by atoms with Gasteiger partial charge in [-0.3, -0.25) is 10.2 Å². The highest BCUT2D eigenvalue weighted by Crippen LogP contribution is 2.36. The van der Waals surface area contributed by atoms with Crippen molar-refractivity contribution < 1.29 is 14.7 Å². The van der Waals surface area contributed by atoms with Crippen LogP contribution >= 0.6 is 0 Å². The Morgan fingerprint density at radius 1 is 1.27 bits per heavy atom. The van der Waals surface area contributed by atoms with E-state index in [1.54, 1.807) is 0 Å². The molecule has 0 amide bonds. The quantitative estimate of drug-likeness (QED) is 0.639. The average molecular weight is 295 g/mol. The van der Waals surface area contributed by atoms with Gasteiger partial charge in [0.2, 0.25) is 0 Å². The highest BCUT2D eigenvalue weighted by molar-refractivity contribution is 6.47. The molecule has 0 aliphatic carbocycles. The molecule has 1 N–H and O–H groups in total. The molecule has 3 aliphatic heterocycles. The van der Waals surface area contributed by atoms with Crippen LogP contribution in [0, 0.1) is 6.92 Å². The second-order valence-electron chi connectivity index (χ2n) is 5.94. The smallest absolute Gasteiger partial charge is 0.257 e. The molecule has 0 fully saturated rings. The minimum atomic E-state index is -0.223.